The van der Waals surface area contributed by atoms with Crippen molar-refractivity contribution in [2.24, 2.45) is 0 Å². The fourth-order valence-electron chi connectivity index (χ4n) is 1.90. The minimum absolute atomic E-state index is 1.06. The number of hydrogen-bond donors (Lipinski definition) is 2. The number of nitrogens with one attached hydrogen (secondary N) is 2. The largest absolute Gasteiger partial charge is 0.315 e. The van der Waals surface area contributed by atoms with Crippen molar-refractivity contribution in [1.29, 1.82) is 0 Å². The second-order valence-corrected chi connectivity index (χ2v) is 4.68. The van der Waals surface area contributed by atoms with Gasteiger partial charge in [-0.05, 0) is 50.9 Å². The van der Waals surface area contributed by atoms with E-state index in [1.807, 2.05) is 0 Å². The fraction of sp³-hybridized carbons (Fsp3) is 0.600. The van der Waals surface area contributed by atoms with Gasteiger partial charge in [0.2, 0.25) is 0 Å². The van der Waals surface area contributed by atoms with E-state index < -0.39 is 0 Å². The summed E-state index contributed by atoms with van der Waals surface area (Å²) in [7, 11) is 0. The molecule has 0 atom stereocenters. The van der Waals surface area contributed by atoms with Gasteiger partial charge in [-0.3, -0.25) is 0 Å². The van der Waals surface area contributed by atoms with Crippen LogP contribution in [0.25, 0.3) is 0 Å². The summed E-state index contributed by atoms with van der Waals surface area (Å²) < 4.78 is 0. The molecule has 17 heavy (non-hydrogen) atoms. The molecule has 0 saturated heterocycles. The van der Waals surface area contributed by atoms with Crippen molar-refractivity contribution in [3.63, 3.8) is 0 Å². The Hall–Kier alpha value is -0.860. The standard InChI is InChI=1S/C15H26N2/c1-4-8-16-10-11-17-9-7-15-12-13(2)5-6-14(15)3/h5-6,12,16-17H,4,7-11H2,1-3H3. The van der Waals surface area contributed by atoms with Gasteiger partial charge in [-0.15, -0.1) is 0 Å². The van der Waals surface area contributed by atoms with Gasteiger partial charge in [-0.25, -0.2) is 0 Å². The summed E-state index contributed by atoms with van der Waals surface area (Å²) in [6, 6.07) is 6.70. The van der Waals surface area contributed by atoms with E-state index in [0.717, 1.165) is 32.6 Å². The van der Waals surface area contributed by atoms with Gasteiger partial charge in [0, 0.05) is 13.1 Å². The fourth-order valence-corrected chi connectivity index (χ4v) is 1.90. The van der Waals surface area contributed by atoms with Gasteiger partial charge in [0.05, 0.1) is 0 Å². The Balaban J connectivity index is 2.15. The molecule has 0 aliphatic rings. The number of rotatable bonds is 8. The van der Waals surface area contributed by atoms with Crippen LogP contribution in [0.1, 0.15) is 30.0 Å². The second-order valence-electron chi connectivity index (χ2n) is 4.68. The zero-order chi connectivity index (χ0) is 12.5. The number of benzene rings is 1. The van der Waals surface area contributed by atoms with Crippen LogP contribution in [-0.2, 0) is 6.42 Å². The molecular formula is C15H26N2. The summed E-state index contributed by atoms with van der Waals surface area (Å²) in [5.41, 5.74) is 4.23. The summed E-state index contributed by atoms with van der Waals surface area (Å²) in [4.78, 5) is 0. The maximum absolute atomic E-state index is 3.48. The van der Waals surface area contributed by atoms with Crippen LogP contribution in [-0.4, -0.2) is 26.2 Å². The topological polar surface area (TPSA) is 24.1 Å². The summed E-state index contributed by atoms with van der Waals surface area (Å²) >= 11 is 0. The summed E-state index contributed by atoms with van der Waals surface area (Å²) in [5, 5.41) is 6.87. The molecule has 2 nitrogen and oxygen atoms in total. The third-order valence-electron chi connectivity index (χ3n) is 2.98. The molecule has 0 bridgehead atoms. The molecule has 96 valence electrons. The molecule has 1 rings (SSSR count). The van der Waals surface area contributed by atoms with Crippen LogP contribution < -0.4 is 10.6 Å². The number of aryl methyl sites for hydroxylation is 2. The molecule has 0 amide bonds. The van der Waals surface area contributed by atoms with Crippen LogP contribution in [0.3, 0.4) is 0 Å². The molecular weight excluding hydrogens is 208 g/mol. The minimum atomic E-state index is 1.06. The zero-order valence-corrected chi connectivity index (χ0v) is 11.5. The van der Waals surface area contributed by atoms with Crippen LogP contribution >= 0.6 is 0 Å². The van der Waals surface area contributed by atoms with Gasteiger partial charge in [-0.2, -0.15) is 0 Å². The molecule has 0 aliphatic carbocycles. The molecule has 0 unspecified atom stereocenters. The average molecular weight is 234 g/mol. The molecule has 0 spiro atoms. The maximum Gasteiger partial charge on any atom is 0.00768 e. The van der Waals surface area contributed by atoms with E-state index in [1.165, 1.54) is 23.1 Å². The normalized spacial score (nSPS) is 10.8. The molecule has 0 radical (unpaired) electrons. The van der Waals surface area contributed by atoms with E-state index in [9.17, 15) is 0 Å². The van der Waals surface area contributed by atoms with Crippen LogP contribution in [0.4, 0.5) is 0 Å². The van der Waals surface area contributed by atoms with Crippen molar-refractivity contribution in [1.82, 2.24) is 10.6 Å². The van der Waals surface area contributed by atoms with Crippen molar-refractivity contribution in [2.75, 3.05) is 26.2 Å². The lowest BCUT2D eigenvalue weighted by Crippen LogP contribution is -2.29. The van der Waals surface area contributed by atoms with Crippen LogP contribution in [0.2, 0.25) is 0 Å². The Kier molecular flexibility index (Phi) is 6.90. The monoisotopic (exact) mass is 234 g/mol. The quantitative estimate of drug-likeness (QED) is 0.675. The van der Waals surface area contributed by atoms with Gasteiger partial charge >= 0.3 is 0 Å². The number of hydrogen-bond acceptors (Lipinski definition) is 2. The first-order valence-corrected chi connectivity index (χ1v) is 6.71. The summed E-state index contributed by atoms with van der Waals surface area (Å²) in [6.07, 6.45) is 2.34. The van der Waals surface area contributed by atoms with Crippen molar-refractivity contribution in [3.05, 3.63) is 34.9 Å². The van der Waals surface area contributed by atoms with Crippen molar-refractivity contribution in [3.8, 4) is 0 Å². The highest BCUT2D eigenvalue weighted by atomic mass is 14.9. The zero-order valence-electron chi connectivity index (χ0n) is 11.5. The van der Waals surface area contributed by atoms with Gasteiger partial charge in [0.1, 0.15) is 0 Å². The maximum atomic E-state index is 3.48. The lowest BCUT2D eigenvalue weighted by molar-refractivity contribution is 0.606. The van der Waals surface area contributed by atoms with Gasteiger partial charge in [-0.1, -0.05) is 30.7 Å². The molecule has 0 saturated carbocycles. The smallest absolute Gasteiger partial charge is 0.00768 e. The van der Waals surface area contributed by atoms with Crippen molar-refractivity contribution >= 4 is 0 Å². The SMILES string of the molecule is CCCNCCNCCc1cc(C)ccc1C. The highest BCUT2D eigenvalue weighted by molar-refractivity contribution is 5.30. The Morgan fingerprint density at radius 2 is 1.65 bits per heavy atom. The lowest BCUT2D eigenvalue weighted by Gasteiger charge is -2.09. The highest BCUT2D eigenvalue weighted by Gasteiger charge is 1.98. The second kappa shape index (κ2) is 8.26. The van der Waals surface area contributed by atoms with Crippen molar-refractivity contribution < 1.29 is 0 Å². The van der Waals surface area contributed by atoms with Crippen LogP contribution in [0, 0.1) is 13.8 Å². The molecule has 2 heteroatoms. The van der Waals surface area contributed by atoms with E-state index in [0.29, 0.717) is 0 Å². The summed E-state index contributed by atoms with van der Waals surface area (Å²) in [5.74, 6) is 0. The highest BCUT2D eigenvalue weighted by Crippen LogP contribution is 2.10. The van der Waals surface area contributed by atoms with Gasteiger partial charge in [0.15, 0.2) is 0 Å². The van der Waals surface area contributed by atoms with Crippen LogP contribution in [0.5, 0.6) is 0 Å². The third kappa shape index (κ3) is 5.85. The molecule has 0 heterocycles. The Morgan fingerprint density at radius 1 is 0.941 bits per heavy atom. The van der Waals surface area contributed by atoms with E-state index in [2.05, 4.69) is 49.6 Å². The summed E-state index contributed by atoms with van der Waals surface area (Å²) in [6.45, 7) is 10.9. The Labute approximate surface area is 106 Å². The van der Waals surface area contributed by atoms with Gasteiger partial charge in [0.25, 0.3) is 0 Å². The van der Waals surface area contributed by atoms with Crippen molar-refractivity contribution in [2.45, 2.75) is 33.6 Å². The molecule has 0 fully saturated rings. The Morgan fingerprint density at radius 3 is 2.35 bits per heavy atom. The molecule has 1 aromatic rings. The first-order chi connectivity index (χ1) is 8.24. The van der Waals surface area contributed by atoms with Gasteiger partial charge < -0.3 is 10.6 Å². The first-order valence-electron chi connectivity index (χ1n) is 6.71. The van der Waals surface area contributed by atoms with E-state index in [4.69, 9.17) is 0 Å². The molecule has 0 aliphatic heterocycles. The van der Waals surface area contributed by atoms with E-state index in [-0.39, 0.29) is 0 Å². The average Bonchev–Trinajstić information content (AvgIpc) is 2.32. The van der Waals surface area contributed by atoms with Crippen LogP contribution in [0.15, 0.2) is 18.2 Å². The predicted octanol–water partition coefficient (Wildman–Crippen LogP) is 2.44. The molecule has 0 aromatic heterocycles. The minimum Gasteiger partial charge on any atom is -0.315 e. The Bertz CT molecular complexity index is 321. The van der Waals surface area contributed by atoms with E-state index >= 15 is 0 Å². The predicted molar refractivity (Wildman–Crippen MR) is 75.7 cm³/mol. The first kappa shape index (κ1) is 14.2. The lowest BCUT2D eigenvalue weighted by atomic mass is 10.0. The molecule has 1 aromatic carbocycles. The van der Waals surface area contributed by atoms with E-state index in [1.54, 1.807) is 0 Å². The third-order valence-corrected chi connectivity index (χ3v) is 2.98. The molecule has 2 N–H and O–H groups in total.